The van der Waals surface area contributed by atoms with Crippen LogP contribution in [0.25, 0.3) is 0 Å². The van der Waals surface area contributed by atoms with Gasteiger partial charge in [0.05, 0.1) is 22.7 Å². The Morgan fingerprint density at radius 2 is 2.16 bits per heavy atom. The lowest BCUT2D eigenvalue weighted by Gasteiger charge is -2.15. The van der Waals surface area contributed by atoms with Gasteiger partial charge in [-0.1, -0.05) is 0 Å². The second-order valence-electron chi connectivity index (χ2n) is 4.24. The Bertz CT molecular complexity index is 550. The van der Waals surface area contributed by atoms with Crippen molar-refractivity contribution >= 4 is 11.6 Å². The second-order valence-corrected chi connectivity index (χ2v) is 4.24. The Morgan fingerprint density at radius 1 is 1.47 bits per heavy atom. The predicted octanol–water partition coefficient (Wildman–Crippen LogP) is 1.08. The smallest absolute Gasteiger partial charge is 0.308 e. The highest BCUT2D eigenvalue weighted by Gasteiger charge is 2.30. The van der Waals surface area contributed by atoms with Crippen LogP contribution in [0.2, 0.25) is 0 Å². The normalized spacial score (nSPS) is 18.7. The number of β-amino-alcohol motifs (C(OH)–C–C–N with tert-alkyl or cyclic N) is 1. The highest BCUT2D eigenvalue weighted by molar-refractivity contribution is 5.95. The first kappa shape index (κ1) is 13.3. The Kier molecular flexibility index (Phi) is 3.43. The lowest BCUT2D eigenvalue weighted by molar-refractivity contribution is -0.387. The highest BCUT2D eigenvalue weighted by Crippen LogP contribution is 2.24. The Labute approximate surface area is 106 Å². The largest absolute Gasteiger partial charge is 0.391 e. The van der Waals surface area contributed by atoms with Gasteiger partial charge in [0.1, 0.15) is 5.82 Å². The maximum absolute atomic E-state index is 13.8. The van der Waals surface area contributed by atoms with E-state index in [4.69, 9.17) is 0 Å². The van der Waals surface area contributed by atoms with E-state index < -0.39 is 39.8 Å². The van der Waals surface area contributed by atoms with Crippen molar-refractivity contribution < 1.29 is 23.6 Å². The van der Waals surface area contributed by atoms with E-state index in [-0.39, 0.29) is 13.1 Å². The molecular formula is C11H10F2N2O4. The van der Waals surface area contributed by atoms with Crippen LogP contribution in [0.4, 0.5) is 14.5 Å². The number of aliphatic hydroxyl groups is 1. The number of benzene rings is 1. The number of carbonyl (C=O) groups excluding carboxylic acids is 1. The topological polar surface area (TPSA) is 83.7 Å². The van der Waals surface area contributed by atoms with Crippen LogP contribution >= 0.6 is 0 Å². The molecule has 0 aliphatic carbocycles. The molecule has 0 spiro atoms. The van der Waals surface area contributed by atoms with Gasteiger partial charge in [-0.3, -0.25) is 14.9 Å². The van der Waals surface area contributed by atoms with E-state index >= 15 is 0 Å². The summed E-state index contributed by atoms with van der Waals surface area (Å²) in [6, 6.07) is 1.04. The molecule has 1 aliphatic heterocycles. The Balaban J connectivity index is 2.39. The first-order chi connectivity index (χ1) is 8.90. The fourth-order valence-corrected chi connectivity index (χ4v) is 1.96. The van der Waals surface area contributed by atoms with Crippen LogP contribution < -0.4 is 0 Å². The third kappa shape index (κ3) is 2.53. The molecule has 0 aromatic heterocycles. The molecule has 1 amide bonds. The third-order valence-electron chi connectivity index (χ3n) is 2.90. The van der Waals surface area contributed by atoms with Gasteiger partial charge < -0.3 is 10.0 Å². The molecule has 1 N–H and O–H groups in total. The van der Waals surface area contributed by atoms with Crippen molar-refractivity contribution in [1.82, 2.24) is 4.90 Å². The summed E-state index contributed by atoms with van der Waals surface area (Å²) in [5.74, 6) is -3.29. The molecule has 1 atom stereocenters. The summed E-state index contributed by atoms with van der Waals surface area (Å²) >= 11 is 0. The Morgan fingerprint density at radius 3 is 2.68 bits per heavy atom. The number of hydrogen-bond donors (Lipinski definition) is 1. The molecular weight excluding hydrogens is 262 g/mol. The first-order valence-corrected chi connectivity index (χ1v) is 5.51. The second kappa shape index (κ2) is 4.88. The molecule has 0 bridgehead atoms. The quantitative estimate of drug-likeness (QED) is 0.645. The van der Waals surface area contributed by atoms with E-state index in [1.807, 2.05) is 0 Å². The zero-order valence-electron chi connectivity index (χ0n) is 9.68. The molecule has 102 valence electrons. The number of nitrogens with zero attached hydrogens (tertiary/aromatic N) is 2. The SMILES string of the molecule is O=C(c1cc(F)cc([N+](=O)[O-])c1F)N1CC[C@@H](O)C1. The molecule has 0 radical (unpaired) electrons. The first-order valence-electron chi connectivity index (χ1n) is 5.51. The molecule has 0 saturated carbocycles. The van der Waals surface area contributed by atoms with Crippen LogP contribution in [-0.2, 0) is 0 Å². The van der Waals surface area contributed by atoms with Crippen molar-refractivity contribution in [2.75, 3.05) is 13.1 Å². The Hall–Kier alpha value is -2.09. The van der Waals surface area contributed by atoms with Gasteiger partial charge in [-0.05, 0) is 12.5 Å². The molecule has 8 heteroatoms. The number of likely N-dealkylation sites (tertiary alicyclic amines) is 1. The number of nitro groups is 1. The van der Waals surface area contributed by atoms with Crippen molar-refractivity contribution in [3.8, 4) is 0 Å². The summed E-state index contributed by atoms with van der Waals surface area (Å²) in [5.41, 5.74) is -1.77. The molecule has 1 fully saturated rings. The van der Waals surface area contributed by atoms with Gasteiger partial charge in [0.25, 0.3) is 5.91 Å². The average molecular weight is 272 g/mol. The van der Waals surface area contributed by atoms with Crippen molar-refractivity contribution in [3.05, 3.63) is 39.4 Å². The average Bonchev–Trinajstić information content (AvgIpc) is 2.77. The van der Waals surface area contributed by atoms with E-state index in [1.54, 1.807) is 0 Å². The molecule has 1 aromatic carbocycles. The van der Waals surface area contributed by atoms with Gasteiger partial charge >= 0.3 is 5.69 Å². The number of nitro benzene ring substituents is 1. The van der Waals surface area contributed by atoms with Gasteiger partial charge in [0, 0.05) is 13.1 Å². The van der Waals surface area contributed by atoms with Crippen molar-refractivity contribution in [1.29, 1.82) is 0 Å². The van der Waals surface area contributed by atoms with E-state index in [1.165, 1.54) is 0 Å². The number of amides is 1. The summed E-state index contributed by atoms with van der Waals surface area (Å²) in [7, 11) is 0. The number of rotatable bonds is 2. The zero-order valence-corrected chi connectivity index (χ0v) is 9.68. The van der Waals surface area contributed by atoms with Crippen LogP contribution in [0.3, 0.4) is 0 Å². The summed E-state index contributed by atoms with van der Waals surface area (Å²) in [4.78, 5) is 22.5. The molecule has 19 heavy (non-hydrogen) atoms. The van der Waals surface area contributed by atoms with Crippen molar-refractivity contribution in [3.63, 3.8) is 0 Å². The maximum Gasteiger partial charge on any atom is 0.308 e. The van der Waals surface area contributed by atoms with Crippen molar-refractivity contribution in [2.24, 2.45) is 0 Å². The number of aliphatic hydroxyl groups excluding tert-OH is 1. The number of carbonyl (C=O) groups is 1. The highest BCUT2D eigenvalue weighted by atomic mass is 19.1. The summed E-state index contributed by atoms with van der Waals surface area (Å²) in [6.07, 6.45) is -0.374. The summed E-state index contributed by atoms with van der Waals surface area (Å²) in [5, 5.41) is 19.8. The van der Waals surface area contributed by atoms with E-state index in [2.05, 4.69) is 0 Å². The fraction of sp³-hybridized carbons (Fsp3) is 0.364. The molecule has 1 heterocycles. The summed E-state index contributed by atoms with van der Waals surface area (Å²) in [6.45, 7) is 0.201. The van der Waals surface area contributed by atoms with Crippen molar-refractivity contribution in [2.45, 2.75) is 12.5 Å². The minimum absolute atomic E-state index is 0.00256. The lowest BCUT2D eigenvalue weighted by Crippen LogP contribution is -2.30. The fourth-order valence-electron chi connectivity index (χ4n) is 1.96. The third-order valence-corrected chi connectivity index (χ3v) is 2.90. The maximum atomic E-state index is 13.8. The molecule has 1 aromatic rings. The predicted molar refractivity (Wildman–Crippen MR) is 59.5 cm³/mol. The number of halogens is 2. The number of hydrogen-bond acceptors (Lipinski definition) is 4. The molecule has 0 unspecified atom stereocenters. The van der Waals surface area contributed by atoms with Gasteiger partial charge in [-0.2, -0.15) is 4.39 Å². The van der Waals surface area contributed by atoms with Gasteiger partial charge in [0.2, 0.25) is 5.82 Å². The van der Waals surface area contributed by atoms with E-state index in [9.17, 15) is 28.8 Å². The molecule has 1 aliphatic rings. The van der Waals surface area contributed by atoms with Crippen LogP contribution in [0.5, 0.6) is 0 Å². The molecule has 6 nitrogen and oxygen atoms in total. The van der Waals surface area contributed by atoms with Gasteiger partial charge in [0.15, 0.2) is 0 Å². The zero-order chi connectivity index (χ0) is 14.2. The lowest BCUT2D eigenvalue weighted by atomic mass is 10.1. The van der Waals surface area contributed by atoms with Crippen LogP contribution in [0.15, 0.2) is 12.1 Å². The standard InChI is InChI=1S/C11H10F2N2O4/c12-6-3-8(10(13)9(4-6)15(18)19)11(17)14-2-1-7(16)5-14/h3-4,7,16H,1-2,5H2/t7-/m1/s1. The van der Waals surface area contributed by atoms with E-state index in [0.717, 1.165) is 4.90 Å². The van der Waals surface area contributed by atoms with Crippen LogP contribution in [-0.4, -0.2) is 40.0 Å². The monoisotopic (exact) mass is 272 g/mol. The van der Waals surface area contributed by atoms with Crippen LogP contribution in [0, 0.1) is 21.7 Å². The molecule has 2 rings (SSSR count). The molecule has 1 saturated heterocycles. The minimum Gasteiger partial charge on any atom is -0.391 e. The van der Waals surface area contributed by atoms with Gasteiger partial charge in [-0.25, -0.2) is 4.39 Å². The van der Waals surface area contributed by atoms with Gasteiger partial charge in [-0.15, -0.1) is 0 Å². The van der Waals surface area contributed by atoms with Crippen LogP contribution in [0.1, 0.15) is 16.8 Å². The summed E-state index contributed by atoms with van der Waals surface area (Å²) < 4.78 is 27.0. The minimum atomic E-state index is -1.36. The van der Waals surface area contributed by atoms with E-state index in [0.29, 0.717) is 18.6 Å².